The third-order valence-electron chi connectivity index (χ3n) is 3.64. The Bertz CT molecular complexity index is 293. The molecule has 0 aromatic rings. The summed E-state index contributed by atoms with van der Waals surface area (Å²) in [6.45, 7) is 5.68. The van der Waals surface area contributed by atoms with Crippen molar-refractivity contribution in [1.29, 1.82) is 0 Å². The molecule has 6 nitrogen and oxygen atoms in total. The molecule has 4 atom stereocenters. The number of aliphatic hydroxyl groups is 1. The zero-order valence-corrected chi connectivity index (χ0v) is 11.7. The van der Waals surface area contributed by atoms with E-state index in [0.717, 1.165) is 12.8 Å². The number of hydrogen-bond acceptors (Lipinski definition) is 6. The average Bonchev–Trinajstić information content (AvgIpc) is 2.37. The van der Waals surface area contributed by atoms with Gasteiger partial charge < -0.3 is 14.6 Å². The fraction of sp³-hybridized carbons (Fsp3) is 0.923. The van der Waals surface area contributed by atoms with Gasteiger partial charge in [-0.15, -0.1) is 0 Å². The quantitative estimate of drug-likeness (QED) is 0.587. The first kappa shape index (κ1) is 16.0. The highest BCUT2D eigenvalue weighted by molar-refractivity contribution is 5.72. The minimum absolute atomic E-state index is 0.0877. The lowest BCUT2D eigenvalue weighted by Crippen LogP contribution is -2.47. The largest absolute Gasteiger partial charge is 0.463 e. The maximum absolute atomic E-state index is 11.7. The molecule has 0 saturated carbocycles. The highest BCUT2D eigenvalue weighted by atomic mass is 16.6. The summed E-state index contributed by atoms with van der Waals surface area (Å²) in [6.07, 6.45) is 0.0860. The molecule has 6 heteroatoms. The van der Waals surface area contributed by atoms with Crippen molar-refractivity contribution in [2.75, 3.05) is 6.61 Å². The molecule has 0 amide bonds. The van der Waals surface area contributed by atoms with Gasteiger partial charge in [-0.1, -0.05) is 19.0 Å². The molecule has 1 N–H and O–H groups in total. The Morgan fingerprint density at radius 1 is 1.47 bits per heavy atom. The van der Waals surface area contributed by atoms with E-state index in [2.05, 4.69) is 5.18 Å². The molecule has 1 saturated heterocycles. The molecule has 4 unspecified atom stereocenters. The summed E-state index contributed by atoms with van der Waals surface area (Å²) in [5, 5.41) is 12.6. The standard InChI is InChI=1S/C13H23NO5/c1-4-9(5-2)13(16)18-7-10-6-11(15)12(14-17)8(3)19-10/h8-12,15H,4-7H2,1-3H3. The predicted molar refractivity (Wildman–Crippen MR) is 69.6 cm³/mol. The molecule has 19 heavy (non-hydrogen) atoms. The predicted octanol–water partition coefficient (Wildman–Crippen LogP) is 1.64. The molecule has 1 aliphatic rings. The van der Waals surface area contributed by atoms with Gasteiger partial charge in [0.1, 0.15) is 12.6 Å². The SMILES string of the molecule is CCC(CC)C(=O)OCC1CC(O)C(N=O)C(C)O1. The Morgan fingerprint density at radius 2 is 2.11 bits per heavy atom. The van der Waals surface area contributed by atoms with Crippen LogP contribution in [0.15, 0.2) is 5.18 Å². The number of hydrogen-bond donors (Lipinski definition) is 1. The molecule has 0 bridgehead atoms. The van der Waals surface area contributed by atoms with E-state index in [1.54, 1.807) is 6.92 Å². The van der Waals surface area contributed by atoms with Crippen molar-refractivity contribution in [2.24, 2.45) is 11.1 Å². The second-order valence-electron chi connectivity index (χ2n) is 5.01. The van der Waals surface area contributed by atoms with Crippen molar-refractivity contribution in [1.82, 2.24) is 0 Å². The van der Waals surface area contributed by atoms with Gasteiger partial charge in [-0.25, -0.2) is 0 Å². The second kappa shape index (κ2) is 7.55. The molecule has 0 radical (unpaired) electrons. The smallest absolute Gasteiger partial charge is 0.308 e. The van der Waals surface area contributed by atoms with Gasteiger partial charge in [0.25, 0.3) is 0 Å². The average molecular weight is 273 g/mol. The van der Waals surface area contributed by atoms with Crippen LogP contribution < -0.4 is 0 Å². The van der Waals surface area contributed by atoms with Gasteiger partial charge in [0, 0.05) is 6.42 Å². The van der Waals surface area contributed by atoms with Gasteiger partial charge in [0.15, 0.2) is 0 Å². The van der Waals surface area contributed by atoms with Gasteiger partial charge >= 0.3 is 5.97 Å². The topological polar surface area (TPSA) is 85.2 Å². The van der Waals surface area contributed by atoms with Crippen LogP contribution in [0.1, 0.15) is 40.0 Å². The van der Waals surface area contributed by atoms with Crippen LogP contribution in [0.5, 0.6) is 0 Å². The van der Waals surface area contributed by atoms with Crippen LogP contribution in [0.3, 0.4) is 0 Å². The van der Waals surface area contributed by atoms with Gasteiger partial charge in [-0.2, -0.15) is 4.91 Å². The summed E-state index contributed by atoms with van der Waals surface area (Å²) in [5.41, 5.74) is 0. The number of aliphatic hydroxyl groups excluding tert-OH is 1. The van der Waals surface area contributed by atoms with E-state index in [1.807, 2.05) is 13.8 Å². The van der Waals surface area contributed by atoms with Gasteiger partial charge in [-0.3, -0.25) is 4.79 Å². The summed E-state index contributed by atoms with van der Waals surface area (Å²) in [4.78, 5) is 22.3. The molecule has 0 aliphatic carbocycles. The summed E-state index contributed by atoms with van der Waals surface area (Å²) in [5.74, 6) is -0.318. The summed E-state index contributed by atoms with van der Waals surface area (Å²) < 4.78 is 10.7. The second-order valence-corrected chi connectivity index (χ2v) is 5.01. The summed E-state index contributed by atoms with van der Waals surface area (Å²) in [7, 11) is 0. The molecular weight excluding hydrogens is 250 g/mol. The van der Waals surface area contributed by atoms with E-state index < -0.39 is 18.2 Å². The molecule has 0 aromatic heterocycles. The van der Waals surface area contributed by atoms with Crippen molar-refractivity contribution >= 4 is 5.97 Å². The van der Waals surface area contributed by atoms with Gasteiger partial charge in [0.2, 0.25) is 0 Å². The van der Waals surface area contributed by atoms with Crippen molar-refractivity contribution in [3.05, 3.63) is 4.91 Å². The zero-order valence-electron chi connectivity index (χ0n) is 11.7. The lowest BCUT2D eigenvalue weighted by Gasteiger charge is -2.34. The molecule has 1 fully saturated rings. The number of rotatable bonds is 6. The molecule has 0 spiro atoms. The minimum Gasteiger partial charge on any atom is -0.463 e. The van der Waals surface area contributed by atoms with Crippen LogP contribution in [-0.2, 0) is 14.3 Å². The third-order valence-corrected chi connectivity index (χ3v) is 3.64. The fourth-order valence-electron chi connectivity index (χ4n) is 2.34. The number of esters is 1. The lowest BCUT2D eigenvalue weighted by atomic mass is 9.97. The Labute approximate surface area is 113 Å². The van der Waals surface area contributed by atoms with E-state index in [-0.39, 0.29) is 31.0 Å². The van der Waals surface area contributed by atoms with Crippen LogP contribution in [0.4, 0.5) is 0 Å². The highest BCUT2D eigenvalue weighted by Gasteiger charge is 2.37. The molecule has 0 aromatic carbocycles. The fourth-order valence-corrected chi connectivity index (χ4v) is 2.34. The van der Waals surface area contributed by atoms with Crippen LogP contribution in [-0.4, -0.2) is 42.0 Å². The number of carbonyl (C=O) groups excluding carboxylic acids is 1. The summed E-state index contributed by atoms with van der Waals surface area (Å²) in [6, 6.07) is -0.744. The maximum atomic E-state index is 11.7. The van der Waals surface area contributed by atoms with E-state index >= 15 is 0 Å². The van der Waals surface area contributed by atoms with Crippen LogP contribution in [0.2, 0.25) is 0 Å². The maximum Gasteiger partial charge on any atom is 0.308 e. The number of ether oxygens (including phenoxy) is 2. The zero-order chi connectivity index (χ0) is 14.4. The lowest BCUT2D eigenvalue weighted by molar-refractivity contribution is -0.162. The van der Waals surface area contributed by atoms with E-state index in [0.29, 0.717) is 0 Å². The van der Waals surface area contributed by atoms with Crippen molar-refractivity contribution in [3.8, 4) is 0 Å². The summed E-state index contributed by atoms with van der Waals surface area (Å²) >= 11 is 0. The van der Waals surface area contributed by atoms with Crippen LogP contribution in [0, 0.1) is 10.8 Å². The van der Waals surface area contributed by atoms with Crippen molar-refractivity contribution in [3.63, 3.8) is 0 Å². The minimum atomic E-state index is -0.835. The van der Waals surface area contributed by atoms with Crippen molar-refractivity contribution < 1.29 is 19.4 Å². The first-order valence-corrected chi connectivity index (χ1v) is 6.86. The third kappa shape index (κ3) is 4.24. The van der Waals surface area contributed by atoms with E-state index in [9.17, 15) is 14.8 Å². The molecule has 1 heterocycles. The monoisotopic (exact) mass is 273 g/mol. The van der Waals surface area contributed by atoms with E-state index in [1.165, 1.54) is 0 Å². The normalized spacial score (nSPS) is 31.2. The number of carbonyl (C=O) groups is 1. The Morgan fingerprint density at radius 3 is 2.58 bits per heavy atom. The molecule has 1 rings (SSSR count). The van der Waals surface area contributed by atoms with Crippen molar-refractivity contribution in [2.45, 2.75) is 64.4 Å². The van der Waals surface area contributed by atoms with Crippen LogP contribution in [0.25, 0.3) is 0 Å². The first-order chi connectivity index (χ1) is 9.03. The Hall–Kier alpha value is -1.01. The Balaban J connectivity index is 2.42. The number of nitroso groups, excluding NO2 is 1. The molecule has 110 valence electrons. The Kier molecular flexibility index (Phi) is 6.37. The first-order valence-electron chi connectivity index (χ1n) is 6.86. The highest BCUT2D eigenvalue weighted by Crippen LogP contribution is 2.23. The molecular formula is C13H23NO5. The van der Waals surface area contributed by atoms with Gasteiger partial charge in [-0.05, 0) is 19.8 Å². The van der Waals surface area contributed by atoms with E-state index in [4.69, 9.17) is 9.47 Å². The van der Waals surface area contributed by atoms with Gasteiger partial charge in [0.05, 0.1) is 24.2 Å². The number of nitrogens with zero attached hydrogens (tertiary/aromatic N) is 1. The molecule has 1 aliphatic heterocycles. The van der Waals surface area contributed by atoms with Crippen LogP contribution >= 0.6 is 0 Å².